The first-order valence-electron chi connectivity index (χ1n) is 9.27. The first kappa shape index (κ1) is 20.7. The summed E-state index contributed by atoms with van der Waals surface area (Å²) in [6.45, 7) is 4.38. The van der Waals surface area contributed by atoms with E-state index in [1.807, 2.05) is 6.07 Å². The fourth-order valence-electron chi connectivity index (χ4n) is 3.10. The van der Waals surface area contributed by atoms with Gasteiger partial charge in [-0.1, -0.05) is 6.07 Å². The van der Waals surface area contributed by atoms with Crippen molar-refractivity contribution in [3.8, 4) is 6.07 Å². The number of imide groups is 1. The number of ether oxygens (including phenoxy) is 1. The lowest BCUT2D eigenvalue weighted by molar-refractivity contribution is -0.122. The highest BCUT2D eigenvalue weighted by molar-refractivity contribution is 6.32. The number of benzene rings is 2. The molecule has 1 aliphatic rings. The zero-order valence-corrected chi connectivity index (χ0v) is 16.4. The highest BCUT2D eigenvalue weighted by atomic mass is 19.1. The number of hydrogen-bond donors (Lipinski definition) is 0. The lowest BCUT2D eigenvalue weighted by Crippen LogP contribution is -2.35. The third kappa shape index (κ3) is 3.78. The molecule has 0 saturated heterocycles. The molecule has 3 rings (SSSR count). The van der Waals surface area contributed by atoms with E-state index >= 15 is 0 Å². The Hall–Kier alpha value is -3.99. The van der Waals surface area contributed by atoms with Gasteiger partial charge in [0.05, 0.1) is 22.9 Å². The van der Waals surface area contributed by atoms with Crippen molar-refractivity contribution in [2.45, 2.75) is 13.8 Å². The third-order valence-electron chi connectivity index (χ3n) is 4.60. The number of esters is 1. The van der Waals surface area contributed by atoms with E-state index in [4.69, 9.17) is 10.00 Å². The Balaban J connectivity index is 2.01. The Labute approximate surface area is 172 Å². The third-order valence-corrected chi connectivity index (χ3v) is 4.60. The SMILES string of the molecule is CCN(CC)C1=C(OC(=O)c2cccc(C#N)c2)C(=O)N(c2ccc(F)cc2)C1=O. The average molecular weight is 407 g/mol. The van der Waals surface area contributed by atoms with Crippen LogP contribution in [0, 0.1) is 17.1 Å². The molecule has 1 aliphatic heterocycles. The maximum Gasteiger partial charge on any atom is 0.343 e. The molecule has 1 heterocycles. The van der Waals surface area contributed by atoms with E-state index in [2.05, 4.69) is 0 Å². The molecule has 0 spiro atoms. The fraction of sp³-hybridized carbons (Fsp3) is 0.182. The first-order valence-corrected chi connectivity index (χ1v) is 9.27. The average Bonchev–Trinajstić information content (AvgIpc) is 3.00. The van der Waals surface area contributed by atoms with Crippen LogP contribution in [0.25, 0.3) is 0 Å². The van der Waals surface area contributed by atoms with Crippen LogP contribution in [-0.4, -0.2) is 35.8 Å². The lowest BCUT2D eigenvalue weighted by atomic mass is 10.1. The molecule has 152 valence electrons. The molecule has 0 bridgehead atoms. The second-order valence-electron chi connectivity index (χ2n) is 6.35. The predicted octanol–water partition coefficient (Wildman–Crippen LogP) is 2.98. The summed E-state index contributed by atoms with van der Waals surface area (Å²) in [4.78, 5) is 41.2. The Morgan fingerprint density at radius 2 is 1.77 bits per heavy atom. The monoisotopic (exact) mass is 407 g/mol. The van der Waals surface area contributed by atoms with Crippen molar-refractivity contribution in [2.24, 2.45) is 0 Å². The van der Waals surface area contributed by atoms with Gasteiger partial charge in [0.25, 0.3) is 5.91 Å². The molecule has 0 N–H and O–H groups in total. The maximum absolute atomic E-state index is 13.3. The predicted molar refractivity (Wildman–Crippen MR) is 105 cm³/mol. The molecule has 2 aromatic rings. The van der Waals surface area contributed by atoms with Crippen molar-refractivity contribution in [1.29, 1.82) is 5.26 Å². The van der Waals surface area contributed by atoms with E-state index in [1.165, 1.54) is 36.4 Å². The highest BCUT2D eigenvalue weighted by Crippen LogP contribution is 2.30. The maximum atomic E-state index is 13.3. The van der Waals surface area contributed by atoms with Crippen LogP contribution >= 0.6 is 0 Å². The van der Waals surface area contributed by atoms with Crippen LogP contribution < -0.4 is 4.90 Å². The van der Waals surface area contributed by atoms with Crippen molar-refractivity contribution in [1.82, 2.24) is 4.90 Å². The molecule has 8 heteroatoms. The second kappa shape index (κ2) is 8.57. The van der Waals surface area contributed by atoms with Gasteiger partial charge in [-0.2, -0.15) is 5.26 Å². The van der Waals surface area contributed by atoms with Crippen LogP contribution in [0.3, 0.4) is 0 Å². The van der Waals surface area contributed by atoms with Crippen LogP contribution in [0.1, 0.15) is 29.8 Å². The van der Waals surface area contributed by atoms with E-state index in [-0.39, 0.29) is 22.5 Å². The molecular weight excluding hydrogens is 389 g/mol. The summed E-state index contributed by atoms with van der Waals surface area (Å²) in [6, 6.07) is 12.6. The summed E-state index contributed by atoms with van der Waals surface area (Å²) in [7, 11) is 0. The van der Waals surface area contributed by atoms with E-state index < -0.39 is 29.4 Å². The Morgan fingerprint density at radius 3 is 2.37 bits per heavy atom. The molecule has 2 amide bonds. The van der Waals surface area contributed by atoms with E-state index in [9.17, 15) is 18.8 Å². The van der Waals surface area contributed by atoms with Crippen LogP contribution in [0.4, 0.5) is 10.1 Å². The van der Waals surface area contributed by atoms with Gasteiger partial charge < -0.3 is 9.64 Å². The van der Waals surface area contributed by atoms with Gasteiger partial charge in [-0.25, -0.2) is 14.1 Å². The number of amides is 2. The molecule has 2 aromatic carbocycles. The zero-order valence-electron chi connectivity index (χ0n) is 16.4. The minimum Gasteiger partial charge on any atom is -0.414 e. The molecule has 0 radical (unpaired) electrons. The van der Waals surface area contributed by atoms with Gasteiger partial charge >= 0.3 is 11.9 Å². The van der Waals surface area contributed by atoms with Crippen molar-refractivity contribution >= 4 is 23.5 Å². The summed E-state index contributed by atoms with van der Waals surface area (Å²) in [6.07, 6.45) is 0. The van der Waals surface area contributed by atoms with Crippen LogP contribution in [0.5, 0.6) is 0 Å². The van der Waals surface area contributed by atoms with Gasteiger partial charge in [0.15, 0.2) is 5.70 Å². The van der Waals surface area contributed by atoms with Gasteiger partial charge in [-0.15, -0.1) is 0 Å². The van der Waals surface area contributed by atoms with Crippen molar-refractivity contribution < 1.29 is 23.5 Å². The Morgan fingerprint density at radius 1 is 1.10 bits per heavy atom. The van der Waals surface area contributed by atoms with Crippen LogP contribution in [0.15, 0.2) is 60.0 Å². The molecule has 0 aliphatic carbocycles. The molecule has 30 heavy (non-hydrogen) atoms. The molecule has 0 fully saturated rings. The Bertz CT molecular complexity index is 1080. The summed E-state index contributed by atoms with van der Waals surface area (Å²) in [5, 5.41) is 9.01. The standard InChI is InChI=1S/C22H18FN3O4/c1-3-25(4-2)18-19(30-22(29)15-7-5-6-14(12-15)13-24)21(28)26(20(18)27)17-10-8-16(23)9-11-17/h5-12H,3-4H2,1-2H3. The first-order chi connectivity index (χ1) is 14.4. The number of likely N-dealkylation sites (N-methyl/N-ethyl adjacent to an activating group) is 1. The number of hydrogen-bond acceptors (Lipinski definition) is 6. The highest BCUT2D eigenvalue weighted by Gasteiger charge is 2.44. The molecule has 0 unspecified atom stereocenters. The molecular formula is C22H18FN3O4. The largest absolute Gasteiger partial charge is 0.414 e. The van der Waals surface area contributed by atoms with Gasteiger partial charge in [0, 0.05) is 13.1 Å². The van der Waals surface area contributed by atoms with Crippen molar-refractivity contribution in [2.75, 3.05) is 18.0 Å². The summed E-state index contributed by atoms with van der Waals surface area (Å²) < 4.78 is 18.6. The van der Waals surface area contributed by atoms with Crippen LogP contribution in [-0.2, 0) is 14.3 Å². The quantitative estimate of drug-likeness (QED) is 0.540. The van der Waals surface area contributed by atoms with Crippen molar-refractivity contribution in [3.63, 3.8) is 0 Å². The number of carbonyl (C=O) groups excluding carboxylic acids is 3. The van der Waals surface area contributed by atoms with Crippen LogP contribution in [0.2, 0.25) is 0 Å². The van der Waals surface area contributed by atoms with Gasteiger partial charge in [0.2, 0.25) is 5.76 Å². The smallest absolute Gasteiger partial charge is 0.343 e. The number of carbonyl (C=O) groups is 3. The topological polar surface area (TPSA) is 90.7 Å². The fourth-order valence-corrected chi connectivity index (χ4v) is 3.10. The minimum atomic E-state index is -0.867. The number of nitriles is 1. The molecule has 0 aromatic heterocycles. The number of nitrogens with zero attached hydrogens (tertiary/aromatic N) is 3. The second-order valence-corrected chi connectivity index (χ2v) is 6.35. The number of rotatable bonds is 6. The van der Waals surface area contributed by atoms with E-state index in [0.717, 1.165) is 17.0 Å². The summed E-state index contributed by atoms with van der Waals surface area (Å²) >= 11 is 0. The molecule has 0 saturated carbocycles. The minimum absolute atomic E-state index is 0.0425. The van der Waals surface area contributed by atoms with Gasteiger partial charge in [-0.05, 0) is 56.3 Å². The molecule has 0 atom stereocenters. The number of halogens is 1. The zero-order chi connectivity index (χ0) is 21.8. The van der Waals surface area contributed by atoms with Gasteiger partial charge in [-0.3, -0.25) is 9.59 Å². The van der Waals surface area contributed by atoms with Crippen molar-refractivity contribution in [3.05, 3.63) is 76.9 Å². The summed E-state index contributed by atoms with van der Waals surface area (Å²) in [5.41, 5.74) is 0.442. The lowest BCUT2D eigenvalue weighted by Gasteiger charge is -2.22. The van der Waals surface area contributed by atoms with E-state index in [0.29, 0.717) is 13.1 Å². The van der Waals surface area contributed by atoms with E-state index in [1.54, 1.807) is 18.7 Å². The summed E-state index contributed by atoms with van der Waals surface area (Å²) in [5.74, 6) is -3.27. The number of anilines is 1. The van der Waals surface area contributed by atoms with Gasteiger partial charge in [0.1, 0.15) is 5.82 Å². The normalized spacial score (nSPS) is 13.5. The Kier molecular flexibility index (Phi) is 5.93. The molecule has 7 nitrogen and oxygen atoms in total.